The number of pyridine rings is 1. The molecule has 17 heavy (non-hydrogen) atoms. The Labute approximate surface area is 99.8 Å². The lowest BCUT2D eigenvalue weighted by Crippen LogP contribution is -2.28. The molecule has 2 rings (SSSR count). The van der Waals surface area contributed by atoms with Crippen molar-refractivity contribution in [3.8, 4) is 5.75 Å². The smallest absolute Gasteiger partial charge is 0.254 e. The van der Waals surface area contributed by atoms with Crippen LogP contribution in [0.3, 0.4) is 0 Å². The van der Waals surface area contributed by atoms with Gasteiger partial charge in [0.05, 0.1) is 6.61 Å². The minimum atomic E-state index is -0.531. The molecule has 0 unspecified atom stereocenters. The van der Waals surface area contributed by atoms with E-state index in [0.717, 1.165) is 0 Å². The van der Waals surface area contributed by atoms with Crippen LogP contribution in [0.1, 0.15) is 19.8 Å². The Balaban J connectivity index is 1.84. The molecule has 1 saturated carbocycles. The Morgan fingerprint density at radius 1 is 1.71 bits per heavy atom. The highest BCUT2D eigenvalue weighted by atomic mass is 16.5. The molecule has 1 amide bonds. The molecule has 2 N–H and O–H groups in total. The van der Waals surface area contributed by atoms with E-state index in [0.29, 0.717) is 12.5 Å². The van der Waals surface area contributed by atoms with Crippen LogP contribution >= 0.6 is 0 Å². The van der Waals surface area contributed by atoms with Crippen LogP contribution in [-0.2, 0) is 9.53 Å². The second kappa shape index (κ2) is 5.14. The van der Waals surface area contributed by atoms with Gasteiger partial charge in [-0.2, -0.15) is 0 Å². The molecule has 0 bridgehead atoms. The van der Waals surface area contributed by atoms with Gasteiger partial charge in [-0.25, -0.2) is 4.98 Å². The van der Waals surface area contributed by atoms with Gasteiger partial charge < -0.3 is 15.2 Å². The molecule has 5 heteroatoms. The zero-order valence-electron chi connectivity index (χ0n) is 9.72. The van der Waals surface area contributed by atoms with Crippen molar-refractivity contribution in [3.05, 3.63) is 18.3 Å². The average Bonchev–Trinajstić information content (AvgIpc) is 3.13. The third kappa shape index (κ3) is 3.42. The standard InChI is InChI=1S/C12H16N2O3/c1-8(17-7-9-4-5-9)12(16)14-11-10(15)3-2-6-13-11/h2-3,6,8-9,15H,4-5,7H2,1H3,(H,13,14,16)/t8-/m1/s1. The summed E-state index contributed by atoms with van der Waals surface area (Å²) in [6.07, 6.45) is 3.35. The monoisotopic (exact) mass is 236 g/mol. The van der Waals surface area contributed by atoms with Gasteiger partial charge in [0, 0.05) is 6.20 Å². The summed E-state index contributed by atoms with van der Waals surface area (Å²) in [5.74, 6) is 0.447. The van der Waals surface area contributed by atoms with Crippen LogP contribution in [0.15, 0.2) is 18.3 Å². The van der Waals surface area contributed by atoms with E-state index in [2.05, 4.69) is 10.3 Å². The summed E-state index contributed by atoms with van der Waals surface area (Å²) < 4.78 is 5.42. The number of amides is 1. The quantitative estimate of drug-likeness (QED) is 0.813. The van der Waals surface area contributed by atoms with E-state index in [1.165, 1.54) is 25.1 Å². The fourth-order valence-corrected chi connectivity index (χ4v) is 1.35. The van der Waals surface area contributed by atoms with Gasteiger partial charge in [0.15, 0.2) is 11.6 Å². The van der Waals surface area contributed by atoms with Crippen molar-refractivity contribution in [1.29, 1.82) is 0 Å². The normalized spacial score (nSPS) is 16.5. The predicted molar refractivity (Wildman–Crippen MR) is 62.7 cm³/mol. The number of rotatable bonds is 5. The number of nitrogens with zero attached hydrogens (tertiary/aromatic N) is 1. The summed E-state index contributed by atoms with van der Waals surface area (Å²) in [5.41, 5.74) is 0. The van der Waals surface area contributed by atoms with Gasteiger partial charge in [0.25, 0.3) is 5.91 Å². The number of ether oxygens (including phenoxy) is 1. The Morgan fingerprint density at radius 2 is 2.47 bits per heavy atom. The first-order chi connectivity index (χ1) is 8.16. The SMILES string of the molecule is C[C@@H](OCC1CC1)C(=O)Nc1ncccc1O. The molecule has 0 aliphatic heterocycles. The minimum absolute atomic E-state index is 0.0461. The molecule has 0 saturated heterocycles. The Bertz CT molecular complexity index is 404. The largest absolute Gasteiger partial charge is 0.504 e. The molecule has 0 spiro atoms. The summed E-state index contributed by atoms with van der Waals surface area (Å²) in [6.45, 7) is 2.32. The number of carbonyl (C=O) groups is 1. The van der Waals surface area contributed by atoms with Crippen LogP contribution in [0.4, 0.5) is 5.82 Å². The first-order valence-electron chi connectivity index (χ1n) is 5.73. The van der Waals surface area contributed by atoms with Crippen molar-refractivity contribution < 1.29 is 14.6 Å². The van der Waals surface area contributed by atoms with Gasteiger partial charge >= 0.3 is 0 Å². The van der Waals surface area contributed by atoms with Crippen LogP contribution in [0, 0.1) is 5.92 Å². The summed E-state index contributed by atoms with van der Waals surface area (Å²) in [7, 11) is 0. The third-order valence-corrected chi connectivity index (χ3v) is 2.68. The molecular formula is C12H16N2O3. The third-order valence-electron chi connectivity index (χ3n) is 2.68. The van der Waals surface area contributed by atoms with Crippen molar-refractivity contribution in [1.82, 2.24) is 4.98 Å². The van der Waals surface area contributed by atoms with Gasteiger partial charge in [-0.15, -0.1) is 0 Å². The lowest BCUT2D eigenvalue weighted by atomic mass is 10.3. The molecule has 92 valence electrons. The predicted octanol–water partition coefficient (Wildman–Crippen LogP) is 1.54. The molecule has 1 aliphatic rings. The van der Waals surface area contributed by atoms with E-state index in [9.17, 15) is 9.90 Å². The van der Waals surface area contributed by atoms with Crippen molar-refractivity contribution >= 4 is 11.7 Å². The van der Waals surface area contributed by atoms with Gasteiger partial charge in [0.1, 0.15) is 6.10 Å². The number of anilines is 1. The highest BCUT2D eigenvalue weighted by Gasteiger charge is 2.24. The molecule has 1 fully saturated rings. The van der Waals surface area contributed by atoms with Crippen molar-refractivity contribution in [3.63, 3.8) is 0 Å². The Kier molecular flexibility index (Phi) is 3.58. The summed E-state index contributed by atoms with van der Waals surface area (Å²) in [4.78, 5) is 15.6. The summed E-state index contributed by atoms with van der Waals surface area (Å²) in [6, 6.07) is 3.07. The van der Waals surface area contributed by atoms with Crippen molar-refractivity contribution in [2.45, 2.75) is 25.9 Å². The van der Waals surface area contributed by atoms with Gasteiger partial charge in [-0.05, 0) is 37.8 Å². The highest BCUT2D eigenvalue weighted by Crippen LogP contribution is 2.29. The number of hydrogen-bond donors (Lipinski definition) is 2. The maximum Gasteiger partial charge on any atom is 0.254 e. The van der Waals surface area contributed by atoms with E-state index in [1.807, 2.05) is 0 Å². The van der Waals surface area contributed by atoms with Gasteiger partial charge in [-0.3, -0.25) is 4.79 Å². The van der Waals surface area contributed by atoms with Crippen LogP contribution in [0.25, 0.3) is 0 Å². The fourth-order valence-electron chi connectivity index (χ4n) is 1.35. The average molecular weight is 236 g/mol. The zero-order chi connectivity index (χ0) is 12.3. The molecular weight excluding hydrogens is 220 g/mol. The second-order valence-electron chi connectivity index (χ2n) is 4.28. The number of aromatic hydroxyl groups is 1. The van der Waals surface area contributed by atoms with E-state index in [1.54, 1.807) is 13.0 Å². The van der Waals surface area contributed by atoms with Gasteiger partial charge in [0.2, 0.25) is 0 Å². The minimum Gasteiger partial charge on any atom is -0.504 e. The Morgan fingerprint density at radius 3 is 3.12 bits per heavy atom. The first kappa shape index (κ1) is 11.9. The summed E-state index contributed by atoms with van der Waals surface area (Å²) in [5, 5.41) is 12.0. The maximum absolute atomic E-state index is 11.7. The lowest BCUT2D eigenvalue weighted by Gasteiger charge is -2.13. The topological polar surface area (TPSA) is 71.5 Å². The van der Waals surface area contributed by atoms with E-state index < -0.39 is 6.10 Å². The van der Waals surface area contributed by atoms with Crippen molar-refractivity contribution in [2.24, 2.45) is 5.92 Å². The summed E-state index contributed by atoms with van der Waals surface area (Å²) >= 11 is 0. The van der Waals surface area contributed by atoms with Crippen molar-refractivity contribution in [2.75, 3.05) is 11.9 Å². The van der Waals surface area contributed by atoms with Crippen LogP contribution in [0.2, 0.25) is 0 Å². The second-order valence-corrected chi connectivity index (χ2v) is 4.28. The highest BCUT2D eigenvalue weighted by molar-refractivity contribution is 5.94. The molecule has 0 aromatic carbocycles. The number of aromatic nitrogens is 1. The van der Waals surface area contributed by atoms with Crippen LogP contribution < -0.4 is 5.32 Å². The number of nitrogens with one attached hydrogen (secondary N) is 1. The fraction of sp³-hybridized carbons (Fsp3) is 0.500. The van der Waals surface area contributed by atoms with E-state index in [4.69, 9.17) is 4.74 Å². The molecule has 0 radical (unpaired) electrons. The molecule has 1 aromatic rings. The molecule has 1 heterocycles. The lowest BCUT2D eigenvalue weighted by molar-refractivity contribution is -0.126. The zero-order valence-corrected chi connectivity index (χ0v) is 9.72. The molecule has 1 atom stereocenters. The van der Waals surface area contributed by atoms with E-state index in [-0.39, 0.29) is 17.5 Å². The maximum atomic E-state index is 11.7. The number of carbonyl (C=O) groups excluding carboxylic acids is 1. The molecule has 5 nitrogen and oxygen atoms in total. The molecule has 1 aromatic heterocycles. The number of hydrogen-bond acceptors (Lipinski definition) is 4. The van der Waals surface area contributed by atoms with E-state index >= 15 is 0 Å². The van der Waals surface area contributed by atoms with Crippen LogP contribution in [-0.4, -0.2) is 28.7 Å². The Hall–Kier alpha value is -1.62. The van der Waals surface area contributed by atoms with Crippen LogP contribution in [0.5, 0.6) is 5.75 Å². The van der Waals surface area contributed by atoms with Gasteiger partial charge in [-0.1, -0.05) is 0 Å². The first-order valence-corrected chi connectivity index (χ1v) is 5.73. The molecule has 1 aliphatic carbocycles.